The van der Waals surface area contributed by atoms with Crippen molar-refractivity contribution < 1.29 is 0 Å². The Labute approximate surface area is 235 Å². The van der Waals surface area contributed by atoms with Crippen molar-refractivity contribution in [3.8, 4) is 11.3 Å². The van der Waals surface area contributed by atoms with Gasteiger partial charge in [0, 0.05) is 23.0 Å². The summed E-state index contributed by atoms with van der Waals surface area (Å²) in [5.41, 5.74) is 12.4. The summed E-state index contributed by atoms with van der Waals surface area (Å²) in [4.78, 5) is 5.37. The summed E-state index contributed by atoms with van der Waals surface area (Å²) in [6.07, 6.45) is 1.05. The van der Waals surface area contributed by atoms with Crippen molar-refractivity contribution in [3.63, 3.8) is 0 Å². The van der Waals surface area contributed by atoms with Crippen LogP contribution in [0.4, 0.5) is 11.4 Å². The fourth-order valence-corrected chi connectivity index (χ4v) is 6.02. The number of anilines is 2. The maximum absolute atomic E-state index is 5.37. The van der Waals surface area contributed by atoms with E-state index in [-0.39, 0.29) is 6.04 Å². The van der Waals surface area contributed by atoms with Crippen molar-refractivity contribution in [2.75, 3.05) is 10.6 Å². The summed E-state index contributed by atoms with van der Waals surface area (Å²) >= 11 is 0. The predicted molar refractivity (Wildman–Crippen MR) is 167 cm³/mol. The molecule has 0 saturated heterocycles. The number of aromatic nitrogens is 1. The molecule has 1 aliphatic heterocycles. The molecule has 0 aliphatic carbocycles. The predicted octanol–water partition coefficient (Wildman–Crippen LogP) is 9.68. The molecule has 0 radical (unpaired) electrons. The molecule has 5 rings (SSSR count). The van der Waals surface area contributed by atoms with Crippen LogP contribution in [0.2, 0.25) is 0 Å². The molecule has 0 fully saturated rings. The van der Waals surface area contributed by atoms with Gasteiger partial charge in [-0.3, -0.25) is 4.98 Å². The van der Waals surface area contributed by atoms with E-state index in [1.165, 1.54) is 44.8 Å². The zero-order valence-electron chi connectivity index (χ0n) is 24.5. The highest BCUT2D eigenvalue weighted by Crippen LogP contribution is 2.40. The van der Waals surface area contributed by atoms with Gasteiger partial charge in [-0.05, 0) is 71.0 Å². The normalized spacial score (nSPS) is 15.5. The van der Waals surface area contributed by atoms with Crippen LogP contribution < -0.4 is 10.6 Å². The number of benzene rings is 3. The highest BCUT2D eigenvalue weighted by Gasteiger charge is 2.25. The Kier molecular flexibility index (Phi) is 7.79. The molecule has 0 amide bonds. The van der Waals surface area contributed by atoms with Crippen LogP contribution in [0.3, 0.4) is 0 Å². The van der Waals surface area contributed by atoms with E-state index in [1.54, 1.807) is 0 Å². The minimum atomic E-state index is -0.0791. The lowest BCUT2D eigenvalue weighted by molar-refractivity contribution is 0.788. The smallest absolute Gasteiger partial charge is 0.0943 e. The quantitative estimate of drug-likeness (QED) is 0.244. The molecule has 2 atom stereocenters. The molecule has 0 saturated carbocycles. The Bertz CT molecular complexity index is 1420. The van der Waals surface area contributed by atoms with Gasteiger partial charge in [0.2, 0.25) is 0 Å². The van der Waals surface area contributed by atoms with Gasteiger partial charge < -0.3 is 10.6 Å². The van der Waals surface area contributed by atoms with Gasteiger partial charge in [-0.15, -0.1) is 0 Å². The number of pyridine rings is 1. The van der Waals surface area contributed by atoms with Crippen molar-refractivity contribution in [1.82, 2.24) is 4.98 Å². The minimum Gasteiger partial charge on any atom is -0.381 e. The van der Waals surface area contributed by atoms with Gasteiger partial charge in [-0.2, -0.15) is 0 Å². The van der Waals surface area contributed by atoms with Crippen LogP contribution >= 0.6 is 0 Å². The van der Waals surface area contributed by atoms with Crippen LogP contribution in [-0.2, 0) is 6.42 Å². The second-order valence-electron chi connectivity index (χ2n) is 12.0. The zero-order chi connectivity index (χ0) is 27.7. The lowest BCUT2D eigenvalue weighted by atomic mass is 9.88. The van der Waals surface area contributed by atoms with Gasteiger partial charge in [-0.25, -0.2) is 0 Å². The molecule has 3 heteroatoms. The first kappa shape index (κ1) is 27.0. The molecule has 3 aromatic carbocycles. The van der Waals surface area contributed by atoms with E-state index < -0.39 is 0 Å². The molecule has 3 nitrogen and oxygen atoms in total. The summed E-state index contributed by atoms with van der Waals surface area (Å²) in [6, 6.07) is 29.1. The fourth-order valence-electron chi connectivity index (χ4n) is 6.02. The summed E-state index contributed by atoms with van der Waals surface area (Å²) in [5, 5.41) is 7.76. The van der Waals surface area contributed by atoms with E-state index >= 15 is 0 Å². The maximum atomic E-state index is 5.37. The van der Waals surface area contributed by atoms with E-state index in [4.69, 9.17) is 4.98 Å². The molecule has 202 valence electrons. The number of rotatable bonds is 8. The lowest BCUT2D eigenvalue weighted by Crippen LogP contribution is -2.19. The molecular weight excluding hydrogens is 474 g/mol. The molecule has 0 spiro atoms. The van der Waals surface area contributed by atoms with Gasteiger partial charge in [0.1, 0.15) is 0 Å². The van der Waals surface area contributed by atoms with Crippen molar-refractivity contribution in [2.24, 2.45) is 0 Å². The van der Waals surface area contributed by atoms with Gasteiger partial charge in [0.05, 0.1) is 17.4 Å². The number of hydrogen-bond donors (Lipinski definition) is 2. The monoisotopic (exact) mass is 517 g/mol. The Morgan fingerprint density at radius 2 is 1.28 bits per heavy atom. The van der Waals surface area contributed by atoms with E-state index in [0.717, 1.165) is 17.8 Å². The van der Waals surface area contributed by atoms with E-state index in [9.17, 15) is 0 Å². The highest BCUT2D eigenvalue weighted by atomic mass is 15.0. The molecule has 1 aromatic heterocycles. The Morgan fingerprint density at radius 3 is 1.95 bits per heavy atom. The van der Waals surface area contributed by atoms with Crippen LogP contribution in [0.5, 0.6) is 0 Å². The third-order valence-corrected chi connectivity index (χ3v) is 8.00. The second kappa shape index (κ2) is 11.3. The van der Waals surface area contributed by atoms with Crippen molar-refractivity contribution >= 4 is 11.4 Å². The average molecular weight is 518 g/mol. The molecule has 1 aliphatic rings. The first-order valence-electron chi connectivity index (χ1n) is 14.6. The van der Waals surface area contributed by atoms with Gasteiger partial charge in [-0.1, -0.05) is 108 Å². The zero-order valence-corrected chi connectivity index (χ0v) is 24.5. The molecule has 0 bridgehead atoms. The third kappa shape index (κ3) is 5.45. The number of para-hydroxylation sites is 2. The number of nitrogens with one attached hydrogen (secondary N) is 2. The van der Waals surface area contributed by atoms with E-state index in [0.29, 0.717) is 23.8 Å². The molecular formula is C36H43N3. The molecule has 2 N–H and O–H groups in total. The Morgan fingerprint density at radius 1 is 0.692 bits per heavy atom. The van der Waals surface area contributed by atoms with E-state index in [2.05, 4.69) is 138 Å². The average Bonchev–Trinajstić information content (AvgIpc) is 3.31. The van der Waals surface area contributed by atoms with Crippen LogP contribution in [0.1, 0.15) is 106 Å². The lowest BCUT2D eigenvalue weighted by Gasteiger charge is -2.29. The standard InChI is InChI=1S/C36H43N3/c1-22(2)27-14-8-9-15-30(27)36(39-35-28(23(3)4)16-11-17-29(35)24(5)6)33-20-12-19-32(38-33)31-18-10-13-26-21-25(7)37-34(26)31/h8-20,22-25,36-37,39H,21H2,1-7H3/t25?,36-/m0/s1. The molecule has 4 aromatic rings. The third-order valence-electron chi connectivity index (χ3n) is 8.00. The van der Waals surface area contributed by atoms with E-state index in [1.807, 2.05) is 0 Å². The minimum absolute atomic E-state index is 0.0791. The first-order chi connectivity index (χ1) is 18.7. The van der Waals surface area contributed by atoms with Gasteiger partial charge >= 0.3 is 0 Å². The van der Waals surface area contributed by atoms with Crippen LogP contribution in [0, 0.1) is 0 Å². The Balaban J connectivity index is 1.68. The van der Waals surface area contributed by atoms with Crippen molar-refractivity contribution in [2.45, 2.75) is 84.7 Å². The maximum Gasteiger partial charge on any atom is 0.0943 e. The molecule has 39 heavy (non-hydrogen) atoms. The number of nitrogens with zero attached hydrogens (tertiary/aromatic N) is 1. The fraction of sp³-hybridized carbons (Fsp3) is 0.361. The SMILES string of the molecule is CC1Cc2cccc(-c3cccc([C@@H](Nc4c(C(C)C)cccc4C(C)C)c4ccccc4C(C)C)n3)c2N1. The summed E-state index contributed by atoms with van der Waals surface area (Å²) in [5.74, 6) is 1.22. The summed E-state index contributed by atoms with van der Waals surface area (Å²) < 4.78 is 0. The van der Waals surface area contributed by atoms with Crippen LogP contribution in [0.15, 0.2) is 78.9 Å². The summed E-state index contributed by atoms with van der Waals surface area (Å²) in [6.45, 7) is 15.9. The van der Waals surface area contributed by atoms with Crippen LogP contribution in [-0.4, -0.2) is 11.0 Å². The summed E-state index contributed by atoms with van der Waals surface area (Å²) in [7, 11) is 0. The number of hydrogen-bond acceptors (Lipinski definition) is 3. The van der Waals surface area contributed by atoms with Crippen molar-refractivity contribution in [1.29, 1.82) is 0 Å². The van der Waals surface area contributed by atoms with Gasteiger partial charge in [0.25, 0.3) is 0 Å². The molecule has 1 unspecified atom stereocenters. The Hall–Kier alpha value is -3.59. The molecule has 2 heterocycles. The van der Waals surface area contributed by atoms with Crippen LogP contribution in [0.25, 0.3) is 11.3 Å². The van der Waals surface area contributed by atoms with Gasteiger partial charge in [0.15, 0.2) is 0 Å². The largest absolute Gasteiger partial charge is 0.381 e. The number of fused-ring (bicyclic) bond motifs is 1. The van der Waals surface area contributed by atoms with Crippen molar-refractivity contribution in [3.05, 3.63) is 112 Å². The topological polar surface area (TPSA) is 37.0 Å². The first-order valence-corrected chi connectivity index (χ1v) is 14.6. The second-order valence-corrected chi connectivity index (χ2v) is 12.0. The highest BCUT2D eigenvalue weighted by molar-refractivity contribution is 5.80.